The van der Waals surface area contributed by atoms with Crippen LogP contribution in [0.3, 0.4) is 0 Å². The third-order valence-electron chi connectivity index (χ3n) is 5.16. The van der Waals surface area contributed by atoms with Crippen molar-refractivity contribution in [3.63, 3.8) is 0 Å². The van der Waals surface area contributed by atoms with E-state index in [4.69, 9.17) is 15.2 Å². The first kappa shape index (κ1) is 24.9. The molecule has 0 radical (unpaired) electrons. The third kappa shape index (κ3) is 8.81. The fourth-order valence-electron chi connectivity index (χ4n) is 3.33. The predicted molar refractivity (Wildman–Crippen MR) is 121 cm³/mol. The maximum atomic E-state index is 12.0. The van der Waals surface area contributed by atoms with Gasteiger partial charge in [-0.15, -0.1) is 0 Å². The number of benzene rings is 1. The molecule has 162 valence electrons. The minimum absolute atomic E-state index is 0.411. The second kappa shape index (κ2) is 12.4. The van der Waals surface area contributed by atoms with Crippen molar-refractivity contribution >= 4 is 11.7 Å². The molecule has 0 atom stereocenters. The summed E-state index contributed by atoms with van der Waals surface area (Å²) in [6.45, 7) is 8.77. The van der Waals surface area contributed by atoms with Crippen molar-refractivity contribution in [3.05, 3.63) is 22.8 Å². The van der Waals surface area contributed by atoms with E-state index in [-0.39, 0.29) is 0 Å². The third-order valence-corrected chi connectivity index (χ3v) is 5.16. The summed E-state index contributed by atoms with van der Waals surface area (Å²) in [5.74, 6) is 6.39. The number of rotatable bonds is 10. The molecule has 0 heterocycles. The molecule has 0 aromatic heterocycles. The highest BCUT2D eigenvalue weighted by Gasteiger charge is 2.18. The Bertz CT molecular complexity index is 720. The summed E-state index contributed by atoms with van der Waals surface area (Å²) < 4.78 is 10.1. The van der Waals surface area contributed by atoms with Crippen LogP contribution in [-0.2, 0) is 4.74 Å². The summed E-state index contributed by atoms with van der Waals surface area (Å²) in [6, 6.07) is 1.61. The van der Waals surface area contributed by atoms with Crippen molar-refractivity contribution in [2.24, 2.45) is 5.41 Å². The number of carbonyl (C=O) groups is 1. The molecular weight excluding hydrogens is 362 g/mol. The highest BCUT2D eigenvalue weighted by Crippen LogP contribution is 2.31. The minimum atomic E-state index is -0.411. The first-order valence-corrected chi connectivity index (χ1v) is 10.8. The molecule has 0 aliphatic heterocycles. The lowest BCUT2D eigenvalue weighted by atomic mass is 9.89. The van der Waals surface area contributed by atoms with Crippen LogP contribution >= 0.6 is 0 Å². The lowest BCUT2D eigenvalue weighted by Crippen LogP contribution is -2.08. The Hall–Kier alpha value is -2.15. The van der Waals surface area contributed by atoms with Crippen molar-refractivity contribution in [2.75, 3.05) is 20.0 Å². The summed E-state index contributed by atoms with van der Waals surface area (Å²) in [6.07, 6.45) is 11.0. The molecule has 2 N–H and O–H groups in total. The van der Waals surface area contributed by atoms with Gasteiger partial charge in [-0.1, -0.05) is 71.1 Å². The van der Waals surface area contributed by atoms with Gasteiger partial charge in [-0.3, -0.25) is 0 Å². The maximum Gasteiger partial charge on any atom is 0.338 e. The Morgan fingerprint density at radius 1 is 1.03 bits per heavy atom. The first-order valence-electron chi connectivity index (χ1n) is 10.8. The molecule has 1 rings (SSSR count). The Kier molecular flexibility index (Phi) is 10.7. The smallest absolute Gasteiger partial charge is 0.338 e. The number of hydrogen-bond acceptors (Lipinski definition) is 4. The maximum absolute atomic E-state index is 12.0. The SMILES string of the molecule is COC(=O)c1cc(OC)c(N)c(C#CCCCCCCCCCC(C)(C)C)c1C. The van der Waals surface area contributed by atoms with Crippen LogP contribution in [0.25, 0.3) is 0 Å². The quantitative estimate of drug-likeness (QED) is 0.217. The second-order valence-corrected chi connectivity index (χ2v) is 8.87. The van der Waals surface area contributed by atoms with Crippen molar-refractivity contribution in [1.82, 2.24) is 0 Å². The summed E-state index contributed by atoms with van der Waals surface area (Å²) >= 11 is 0. The van der Waals surface area contributed by atoms with Gasteiger partial charge < -0.3 is 15.2 Å². The van der Waals surface area contributed by atoms with E-state index in [0.717, 1.165) is 18.4 Å². The molecule has 0 aliphatic rings. The zero-order valence-electron chi connectivity index (χ0n) is 19.2. The molecular formula is C25H39NO3. The number of esters is 1. The standard InChI is InChI=1S/C25H39NO3/c1-19-20(23(26)22(28-5)18-21(19)24(27)29-6)16-14-12-10-8-7-9-11-13-15-17-25(2,3)4/h18H,7-13,15,17,26H2,1-6H3. The van der Waals surface area contributed by atoms with E-state index in [1.807, 2.05) is 6.92 Å². The van der Waals surface area contributed by atoms with Crippen LogP contribution in [0.4, 0.5) is 5.69 Å². The van der Waals surface area contributed by atoms with Crippen LogP contribution in [0.5, 0.6) is 5.75 Å². The van der Waals surface area contributed by atoms with Crippen LogP contribution in [0.15, 0.2) is 6.07 Å². The monoisotopic (exact) mass is 401 g/mol. The van der Waals surface area contributed by atoms with Crippen LogP contribution in [-0.4, -0.2) is 20.2 Å². The molecule has 4 heteroatoms. The first-order chi connectivity index (χ1) is 13.7. The van der Waals surface area contributed by atoms with Crippen molar-refractivity contribution in [1.29, 1.82) is 0 Å². The fraction of sp³-hybridized carbons (Fsp3) is 0.640. The summed E-state index contributed by atoms with van der Waals surface area (Å²) in [4.78, 5) is 12.0. The number of nitrogen functional groups attached to an aromatic ring is 1. The molecule has 0 spiro atoms. The molecule has 0 saturated carbocycles. The predicted octanol–water partition coefficient (Wildman–Crippen LogP) is 6.28. The van der Waals surface area contributed by atoms with E-state index < -0.39 is 5.97 Å². The molecule has 0 unspecified atom stereocenters. The highest BCUT2D eigenvalue weighted by molar-refractivity contribution is 5.94. The number of carbonyl (C=O) groups excluding carboxylic acids is 1. The van der Waals surface area contributed by atoms with Crippen molar-refractivity contribution in [2.45, 2.75) is 85.5 Å². The Balaban J connectivity index is 2.47. The van der Waals surface area contributed by atoms with E-state index in [9.17, 15) is 4.79 Å². The minimum Gasteiger partial charge on any atom is -0.495 e. The molecule has 1 aromatic rings. The Morgan fingerprint density at radius 2 is 1.62 bits per heavy atom. The normalized spacial score (nSPS) is 11.0. The molecule has 0 bridgehead atoms. The van der Waals surface area contributed by atoms with E-state index in [0.29, 0.717) is 28.0 Å². The lowest BCUT2D eigenvalue weighted by molar-refractivity contribution is 0.0599. The number of unbranched alkanes of at least 4 members (excludes halogenated alkanes) is 7. The van der Waals surface area contributed by atoms with Gasteiger partial charge >= 0.3 is 5.97 Å². The number of hydrogen-bond donors (Lipinski definition) is 1. The summed E-state index contributed by atoms with van der Waals surface area (Å²) in [5.41, 5.74) is 8.93. The zero-order valence-corrected chi connectivity index (χ0v) is 19.2. The largest absolute Gasteiger partial charge is 0.495 e. The van der Waals surface area contributed by atoms with Gasteiger partial charge in [-0.05, 0) is 36.8 Å². The average molecular weight is 402 g/mol. The fourth-order valence-corrected chi connectivity index (χ4v) is 3.33. The Morgan fingerprint density at radius 3 is 2.17 bits per heavy atom. The summed E-state index contributed by atoms with van der Waals surface area (Å²) in [7, 11) is 2.89. The zero-order chi connectivity index (χ0) is 21.9. The van der Waals surface area contributed by atoms with Gasteiger partial charge in [-0.25, -0.2) is 4.79 Å². The van der Waals surface area contributed by atoms with Crippen LogP contribution in [0, 0.1) is 24.2 Å². The van der Waals surface area contributed by atoms with Gasteiger partial charge in [0.2, 0.25) is 0 Å². The van der Waals surface area contributed by atoms with Gasteiger partial charge in [0, 0.05) is 6.42 Å². The lowest BCUT2D eigenvalue weighted by Gasteiger charge is -2.17. The van der Waals surface area contributed by atoms with E-state index >= 15 is 0 Å². The van der Waals surface area contributed by atoms with Crippen molar-refractivity contribution < 1.29 is 14.3 Å². The van der Waals surface area contributed by atoms with E-state index in [1.54, 1.807) is 6.07 Å². The Labute approximate surface area is 177 Å². The topological polar surface area (TPSA) is 61.5 Å². The van der Waals surface area contributed by atoms with Crippen LogP contribution in [0.2, 0.25) is 0 Å². The average Bonchev–Trinajstić information content (AvgIpc) is 2.67. The molecule has 0 amide bonds. The number of anilines is 1. The summed E-state index contributed by atoms with van der Waals surface area (Å²) in [5, 5.41) is 0. The number of ether oxygens (including phenoxy) is 2. The number of methoxy groups -OCH3 is 2. The van der Waals surface area contributed by atoms with E-state index in [1.165, 1.54) is 59.2 Å². The second-order valence-electron chi connectivity index (χ2n) is 8.87. The molecule has 0 saturated heterocycles. The molecule has 0 aliphatic carbocycles. The van der Waals surface area contributed by atoms with Gasteiger partial charge in [-0.2, -0.15) is 0 Å². The molecule has 4 nitrogen and oxygen atoms in total. The highest BCUT2D eigenvalue weighted by atomic mass is 16.5. The van der Waals surface area contributed by atoms with Gasteiger partial charge in [0.1, 0.15) is 5.75 Å². The van der Waals surface area contributed by atoms with Gasteiger partial charge in [0.25, 0.3) is 0 Å². The number of nitrogens with two attached hydrogens (primary N) is 1. The molecule has 1 aromatic carbocycles. The van der Waals surface area contributed by atoms with Gasteiger partial charge in [0.05, 0.1) is 31.0 Å². The van der Waals surface area contributed by atoms with Crippen molar-refractivity contribution in [3.8, 4) is 17.6 Å². The van der Waals surface area contributed by atoms with Crippen LogP contribution < -0.4 is 10.5 Å². The van der Waals surface area contributed by atoms with E-state index in [2.05, 4.69) is 32.6 Å². The molecule has 0 fully saturated rings. The molecule has 29 heavy (non-hydrogen) atoms. The van der Waals surface area contributed by atoms with Gasteiger partial charge in [0.15, 0.2) is 0 Å². The van der Waals surface area contributed by atoms with Crippen LogP contribution in [0.1, 0.15) is 100 Å².